The van der Waals surface area contributed by atoms with Crippen LogP contribution in [0.3, 0.4) is 0 Å². The van der Waals surface area contributed by atoms with Gasteiger partial charge < -0.3 is 9.47 Å². The summed E-state index contributed by atoms with van der Waals surface area (Å²) in [6.07, 6.45) is 0. The lowest BCUT2D eigenvalue weighted by Crippen LogP contribution is -2.27. The molecule has 0 saturated heterocycles. The number of ether oxygens (including phenoxy) is 2. The number of methoxy groups -OCH3 is 2. The van der Waals surface area contributed by atoms with E-state index >= 15 is 0 Å². The maximum absolute atomic E-state index is 12.7. The van der Waals surface area contributed by atoms with E-state index in [2.05, 4.69) is 0 Å². The van der Waals surface area contributed by atoms with Crippen LogP contribution in [0, 0.1) is 6.92 Å². The van der Waals surface area contributed by atoms with Gasteiger partial charge in [0.2, 0.25) is 0 Å². The largest absolute Gasteiger partial charge is 0.497 e. The van der Waals surface area contributed by atoms with Crippen LogP contribution >= 0.6 is 0 Å². The summed E-state index contributed by atoms with van der Waals surface area (Å²) in [4.78, 5) is 0.194. The first-order valence-electron chi connectivity index (χ1n) is 6.67. The molecule has 0 radical (unpaired) electrons. The van der Waals surface area contributed by atoms with Gasteiger partial charge in [-0.2, -0.15) is 0 Å². The van der Waals surface area contributed by atoms with Crippen molar-refractivity contribution in [3.8, 4) is 11.5 Å². The Bertz CT molecular complexity index is 754. The van der Waals surface area contributed by atoms with Crippen molar-refractivity contribution in [1.29, 1.82) is 0 Å². The van der Waals surface area contributed by atoms with Gasteiger partial charge in [-0.05, 0) is 48.9 Å². The fraction of sp³-hybridized carbons (Fsp3) is 0.250. The Morgan fingerprint density at radius 2 is 1.59 bits per heavy atom. The normalized spacial score (nSPS) is 11.1. The predicted molar refractivity (Wildman–Crippen MR) is 86.3 cm³/mol. The van der Waals surface area contributed by atoms with E-state index in [-0.39, 0.29) is 4.90 Å². The van der Waals surface area contributed by atoms with Crippen LogP contribution in [-0.2, 0) is 10.0 Å². The summed E-state index contributed by atoms with van der Waals surface area (Å²) in [7, 11) is 0.893. The maximum atomic E-state index is 12.7. The minimum atomic E-state index is -3.67. The third kappa shape index (κ3) is 3.01. The summed E-state index contributed by atoms with van der Waals surface area (Å²) in [6.45, 7) is 1.90. The second-order valence-corrected chi connectivity index (χ2v) is 6.79. The topological polar surface area (TPSA) is 55.8 Å². The lowest BCUT2D eigenvalue weighted by atomic mass is 10.2. The summed E-state index contributed by atoms with van der Waals surface area (Å²) >= 11 is 0. The third-order valence-electron chi connectivity index (χ3n) is 3.39. The van der Waals surface area contributed by atoms with Crippen LogP contribution < -0.4 is 13.8 Å². The first-order valence-corrected chi connectivity index (χ1v) is 8.12. The van der Waals surface area contributed by atoms with Crippen LogP contribution in [0.15, 0.2) is 47.4 Å². The molecule has 2 rings (SSSR count). The molecule has 0 N–H and O–H groups in total. The minimum Gasteiger partial charge on any atom is -0.497 e. The highest BCUT2D eigenvalue weighted by Crippen LogP contribution is 2.32. The molecule has 0 aliphatic rings. The van der Waals surface area contributed by atoms with Gasteiger partial charge in [0.15, 0.2) is 0 Å². The number of sulfonamides is 1. The van der Waals surface area contributed by atoms with Crippen molar-refractivity contribution in [2.45, 2.75) is 11.8 Å². The molecular formula is C16H19NO4S. The number of nitrogens with zero attached hydrogens (tertiary/aromatic N) is 1. The molecule has 0 saturated carbocycles. The van der Waals surface area contributed by atoms with Gasteiger partial charge in [-0.3, -0.25) is 4.31 Å². The average Bonchev–Trinajstić information content (AvgIpc) is 2.54. The van der Waals surface area contributed by atoms with Crippen molar-refractivity contribution in [1.82, 2.24) is 0 Å². The molecule has 0 unspecified atom stereocenters. The van der Waals surface area contributed by atoms with Gasteiger partial charge in [0.05, 0.1) is 24.8 Å². The van der Waals surface area contributed by atoms with Crippen molar-refractivity contribution in [2.75, 3.05) is 25.6 Å². The van der Waals surface area contributed by atoms with Gasteiger partial charge >= 0.3 is 0 Å². The van der Waals surface area contributed by atoms with E-state index in [1.807, 2.05) is 13.0 Å². The second kappa shape index (κ2) is 6.27. The summed E-state index contributed by atoms with van der Waals surface area (Å²) in [6, 6.07) is 11.7. The molecule has 2 aromatic carbocycles. The molecular weight excluding hydrogens is 302 g/mol. The van der Waals surface area contributed by atoms with E-state index < -0.39 is 10.0 Å². The van der Waals surface area contributed by atoms with Gasteiger partial charge in [0, 0.05) is 7.05 Å². The quantitative estimate of drug-likeness (QED) is 0.850. The monoisotopic (exact) mass is 321 g/mol. The van der Waals surface area contributed by atoms with Crippen molar-refractivity contribution < 1.29 is 17.9 Å². The molecule has 0 aliphatic carbocycles. The zero-order valence-corrected chi connectivity index (χ0v) is 13.8. The Balaban J connectivity index is 2.46. The van der Waals surface area contributed by atoms with Gasteiger partial charge in [0.25, 0.3) is 10.0 Å². The Hall–Kier alpha value is -2.21. The SMILES string of the molecule is COc1ccc(S(=O)(=O)N(C)c2cc(C)ccc2OC)cc1. The summed E-state index contributed by atoms with van der Waals surface area (Å²) < 4.78 is 37.0. The summed E-state index contributed by atoms with van der Waals surface area (Å²) in [5.41, 5.74) is 1.45. The highest BCUT2D eigenvalue weighted by atomic mass is 32.2. The van der Waals surface area contributed by atoms with Crippen molar-refractivity contribution in [3.63, 3.8) is 0 Å². The molecule has 0 aliphatic heterocycles. The number of aryl methyl sites for hydroxylation is 1. The van der Waals surface area contributed by atoms with Crippen LogP contribution in [0.4, 0.5) is 5.69 Å². The van der Waals surface area contributed by atoms with E-state index in [0.29, 0.717) is 17.2 Å². The molecule has 0 spiro atoms. The fourth-order valence-electron chi connectivity index (χ4n) is 2.08. The molecule has 0 aromatic heterocycles. The van der Waals surface area contributed by atoms with E-state index in [1.165, 1.54) is 37.7 Å². The molecule has 0 heterocycles. The van der Waals surface area contributed by atoms with Crippen molar-refractivity contribution in [2.24, 2.45) is 0 Å². The number of hydrogen-bond acceptors (Lipinski definition) is 4. The Labute approximate surface area is 131 Å². The van der Waals surface area contributed by atoms with E-state index in [1.54, 1.807) is 24.3 Å². The number of rotatable bonds is 5. The third-order valence-corrected chi connectivity index (χ3v) is 5.18. The zero-order chi connectivity index (χ0) is 16.3. The Morgan fingerprint density at radius 1 is 0.955 bits per heavy atom. The molecule has 2 aromatic rings. The fourth-order valence-corrected chi connectivity index (χ4v) is 3.28. The predicted octanol–water partition coefficient (Wildman–Crippen LogP) is 2.84. The molecule has 0 atom stereocenters. The summed E-state index contributed by atoms with van der Waals surface area (Å²) in [5.74, 6) is 1.11. The highest BCUT2D eigenvalue weighted by molar-refractivity contribution is 7.92. The Morgan fingerprint density at radius 3 is 2.14 bits per heavy atom. The first-order chi connectivity index (χ1) is 10.4. The van der Waals surface area contributed by atoms with Gasteiger partial charge in [0.1, 0.15) is 11.5 Å². The van der Waals surface area contributed by atoms with Crippen molar-refractivity contribution >= 4 is 15.7 Å². The Kier molecular flexibility index (Phi) is 4.61. The van der Waals surface area contributed by atoms with Crippen LogP contribution in [-0.4, -0.2) is 29.7 Å². The molecule has 0 bridgehead atoms. The lowest BCUT2D eigenvalue weighted by molar-refractivity contribution is 0.414. The van der Waals surface area contributed by atoms with Gasteiger partial charge in [-0.1, -0.05) is 6.07 Å². The molecule has 6 heteroatoms. The molecule has 22 heavy (non-hydrogen) atoms. The standard InChI is InChI=1S/C16H19NO4S/c1-12-5-10-16(21-4)15(11-12)17(2)22(18,19)14-8-6-13(20-3)7-9-14/h5-11H,1-4H3. The minimum absolute atomic E-state index is 0.194. The van der Waals surface area contributed by atoms with Crippen LogP contribution in [0.5, 0.6) is 11.5 Å². The van der Waals surface area contributed by atoms with E-state index in [0.717, 1.165) is 5.56 Å². The van der Waals surface area contributed by atoms with Crippen LogP contribution in [0.25, 0.3) is 0 Å². The number of benzene rings is 2. The van der Waals surface area contributed by atoms with Gasteiger partial charge in [-0.25, -0.2) is 8.42 Å². The molecule has 0 amide bonds. The number of hydrogen-bond donors (Lipinski definition) is 0. The highest BCUT2D eigenvalue weighted by Gasteiger charge is 2.23. The first kappa shape index (κ1) is 16.2. The second-order valence-electron chi connectivity index (χ2n) is 4.82. The molecule has 5 nitrogen and oxygen atoms in total. The maximum Gasteiger partial charge on any atom is 0.264 e. The molecule has 0 fully saturated rings. The molecule has 118 valence electrons. The van der Waals surface area contributed by atoms with Gasteiger partial charge in [-0.15, -0.1) is 0 Å². The van der Waals surface area contributed by atoms with Crippen LogP contribution in [0.1, 0.15) is 5.56 Å². The summed E-state index contributed by atoms with van der Waals surface area (Å²) in [5, 5.41) is 0. The zero-order valence-electron chi connectivity index (χ0n) is 13.0. The van der Waals surface area contributed by atoms with E-state index in [9.17, 15) is 8.42 Å². The van der Waals surface area contributed by atoms with Crippen LogP contribution in [0.2, 0.25) is 0 Å². The number of anilines is 1. The van der Waals surface area contributed by atoms with E-state index in [4.69, 9.17) is 9.47 Å². The smallest absolute Gasteiger partial charge is 0.264 e. The lowest BCUT2D eigenvalue weighted by Gasteiger charge is -2.22. The average molecular weight is 321 g/mol. The van der Waals surface area contributed by atoms with Crippen molar-refractivity contribution in [3.05, 3.63) is 48.0 Å².